The average Bonchev–Trinajstić information content (AvgIpc) is 2.29. The van der Waals surface area contributed by atoms with Crippen LogP contribution in [0.3, 0.4) is 0 Å². The number of rotatable bonds is 6. The van der Waals surface area contributed by atoms with E-state index in [4.69, 9.17) is 0 Å². The van der Waals surface area contributed by atoms with Crippen LogP contribution < -0.4 is 0 Å². The predicted octanol–water partition coefficient (Wildman–Crippen LogP) is 4.67. The fraction of sp³-hybridized carbons (Fsp3) is 0.625. The van der Waals surface area contributed by atoms with Gasteiger partial charge in [0, 0.05) is 0 Å². The standard InChI is InChI=1S/C16H26O/c1-5-6-13(4)11-16(17)15-9-7-14(8-10-15)12(2)3/h7-10,12-13,16-17H,5-6,11H2,1-4H3. The van der Waals surface area contributed by atoms with Gasteiger partial charge in [-0.05, 0) is 29.4 Å². The summed E-state index contributed by atoms with van der Waals surface area (Å²) in [4.78, 5) is 0. The van der Waals surface area contributed by atoms with Crippen LogP contribution in [0.2, 0.25) is 0 Å². The fourth-order valence-electron chi connectivity index (χ4n) is 2.23. The van der Waals surface area contributed by atoms with Crippen molar-refractivity contribution in [3.8, 4) is 0 Å². The molecular weight excluding hydrogens is 208 g/mol. The van der Waals surface area contributed by atoms with Crippen molar-refractivity contribution in [1.29, 1.82) is 0 Å². The highest BCUT2D eigenvalue weighted by Crippen LogP contribution is 2.25. The molecule has 0 spiro atoms. The van der Waals surface area contributed by atoms with Gasteiger partial charge in [0.2, 0.25) is 0 Å². The van der Waals surface area contributed by atoms with Crippen molar-refractivity contribution in [3.05, 3.63) is 35.4 Å². The molecule has 2 unspecified atom stereocenters. The summed E-state index contributed by atoms with van der Waals surface area (Å²) in [7, 11) is 0. The lowest BCUT2D eigenvalue weighted by Gasteiger charge is -2.17. The maximum atomic E-state index is 10.1. The Labute approximate surface area is 106 Å². The van der Waals surface area contributed by atoms with Crippen LogP contribution in [-0.2, 0) is 0 Å². The summed E-state index contributed by atoms with van der Waals surface area (Å²) in [5, 5.41) is 10.1. The quantitative estimate of drug-likeness (QED) is 0.758. The summed E-state index contributed by atoms with van der Waals surface area (Å²) >= 11 is 0. The van der Waals surface area contributed by atoms with E-state index in [1.165, 1.54) is 18.4 Å². The third kappa shape index (κ3) is 4.51. The van der Waals surface area contributed by atoms with Crippen molar-refractivity contribution in [2.24, 2.45) is 5.92 Å². The summed E-state index contributed by atoms with van der Waals surface area (Å²) in [6.07, 6.45) is 2.95. The lowest BCUT2D eigenvalue weighted by Crippen LogP contribution is -2.04. The van der Waals surface area contributed by atoms with Crippen LogP contribution in [0.15, 0.2) is 24.3 Å². The third-order valence-electron chi connectivity index (χ3n) is 3.40. The van der Waals surface area contributed by atoms with E-state index in [9.17, 15) is 5.11 Å². The van der Waals surface area contributed by atoms with E-state index < -0.39 is 0 Å². The van der Waals surface area contributed by atoms with Gasteiger partial charge in [0.1, 0.15) is 0 Å². The zero-order valence-electron chi connectivity index (χ0n) is 11.6. The van der Waals surface area contributed by atoms with Gasteiger partial charge in [0.25, 0.3) is 0 Å². The number of aliphatic hydroxyl groups is 1. The van der Waals surface area contributed by atoms with E-state index in [0.717, 1.165) is 12.0 Å². The van der Waals surface area contributed by atoms with Crippen LogP contribution in [-0.4, -0.2) is 5.11 Å². The molecule has 1 aromatic carbocycles. The predicted molar refractivity (Wildman–Crippen MR) is 74.2 cm³/mol. The van der Waals surface area contributed by atoms with E-state index in [1.807, 2.05) is 0 Å². The highest BCUT2D eigenvalue weighted by Gasteiger charge is 2.12. The molecule has 0 aliphatic carbocycles. The molecule has 1 aromatic rings. The minimum absolute atomic E-state index is 0.308. The van der Waals surface area contributed by atoms with Crippen LogP contribution in [0.1, 0.15) is 70.1 Å². The van der Waals surface area contributed by atoms with Crippen LogP contribution >= 0.6 is 0 Å². The second-order valence-corrected chi connectivity index (χ2v) is 5.47. The monoisotopic (exact) mass is 234 g/mol. The van der Waals surface area contributed by atoms with Crippen molar-refractivity contribution in [3.63, 3.8) is 0 Å². The van der Waals surface area contributed by atoms with Crippen LogP contribution in [0.5, 0.6) is 0 Å². The summed E-state index contributed by atoms with van der Waals surface area (Å²) in [6, 6.07) is 8.40. The fourth-order valence-corrected chi connectivity index (χ4v) is 2.23. The minimum Gasteiger partial charge on any atom is -0.388 e. The van der Waals surface area contributed by atoms with Gasteiger partial charge in [0.15, 0.2) is 0 Å². The Morgan fingerprint density at radius 3 is 2.00 bits per heavy atom. The Kier molecular flexibility index (Phi) is 5.70. The van der Waals surface area contributed by atoms with Gasteiger partial charge in [-0.3, -0.25) is 0 Å². The Balaban J connectivity index is 2.60. The normalized spacial score (nSPS) is 14.9. The van der Waals surface area contributed by atoms with E-state index in [2.05, 4.69) is 52.0 Å². The van der Waals surface area contributed by atoms with E-state index in [1.54, 1.807) is 0 Å². The van der Waals surface area contributed by atoms with Gasteiger partial charge in [-0.2, -0.15) is 0 Å². The van der Waals surface area contributed by atoms with E-state index in [0.29, 0.717) is 11.8 Å². The molecule has 0 aliphatic heterocycles. The maximum absolute atomic E-state index is 10.1. The van der Waals surface area contributed by atoms with Crippen molar-refractivity contribution in [2.75, 3.05) is 0 Å². The molecule has 0 radical (unpaired) electrons. The molecule has 0 aromatic heterocycles. The first kappa shape index (κ1) is 14.2. The Morgan fingerprint density at radius 1 is 1.00 bits per heavy atom. The highest BCUT2D eigenvalue weighted by molar-refractivity contribution is 5.26. The molecule has 17 heavy (non-hydrogen) atoms. The second kappa shape index (κ2) is 6.80. The zero-order chi connectivity index (χ0) is 12.8. The van der Waals surface area contributed by atoms with Gasteiger partial charge in [0.05, 0.1) is 6.10 Å². The number of aliphatic hydroxyl groups excluding tert-OH is 1. The number of benzene rings is 1. The van der Waals surface area contributed by atoms with Gasteiger partial charge >= 0.3 is 0 Å². The Morgan fingerprint density at radius 2 is 1.53 bits per heavy atom. The first-order chi connectivity index (χ1) is 8.04. The molecule has 96 valence electrons. The third-order valence-corrected chi connectivity index (χ3v) is 3.40. The van der Waals surface area contributed by atoms with Gasteiger partial charge < -0.3 is 5.11 Å². The summed E-state index contributed by atoms with van der Waals surface area (Å²) in [5.41, 5.74) is 2.39. The molecule has 0 heterocycles. The van der Waals surface area contributed by atoms with Crippen LogP contribution in [0.25, 0.3) is 0 Å². The topological polar surface area (TPSA) is 20.2 Å². The average molecular weight is 234 g/mol. The van der Waals surface area contributed by atoms with Gasteiger partial charge in [-0.15, -0.1) is 0 Å². The highest BCUT2D eigenvalue weighted by atomic mass is 16.3. The van der Waals surface area contributed by atoms with Crippen molar-refractivity contribution >= 4 is 0 Å². The molecular formula is C16H26O. The molecule has 1 heteroatoms. The number of hydrogen-bond acceptors (Lipinski definition) is 1. The van der Waals surface area contributed by atoms with Crippen molar-refractivity contribution in [2.45, 2.75) is 59.0 Å². The Bertz CT molecular complexity index is 313. The van der Waals surface area contributed by atoms with Gasteiger partial charge in [-0.1, -0.05) is 64.8 Å². The second-order valence-electron chi connectivity index (χ2n) is 5.47. The van der Waals surface area contributed by atoms with E-state index in [-0.39, 0.29) is 6.10 Å². The lowest BCUT2D eigenvalue weighted by atomic mass is 9.93. The lowest BCUT2D eigenvalue weighted by molar-refractivity contribution is 0.145. The summed E-state index contributed by atoms with van der Waals surface area (Å²) in [6.45, 7) is 8.79. The molecule has 1 rings (SSSR count). The molecule has 0 aliphatic rings. The van der Waals surface area contributed by atoms with Crippen LogP contribution in [0, 0.1) is 5.92 Å². The maximum Gasteiger partial charge on any atom is 0.0792 e. The van der Waals surface area contributed by atoms with Crippen molar-refractivity contribution < 1.29 is 5.11 Å². The molecule has 0 bridgehead atoms. The molecule has 0 amide bonds. The molecule has 2 atom stereocenters. The molecule has 1 nitrogen and oxygen atoms in total. The SMILES string of the molecule is CCCC(C)CC(O)c1ccc(C(C)C)cc1. The Hall–Kier alpha value is -0.820. The smallest absolute Gasteiger partial charge is 0.0792 e. The van der Waals surface area contributed by atoms with Gasteiger partial charge in [-0.25, -0.2) is 0 Å². The largest absolute Gasteiger partial charge is 0.388 e. The molecule has 0 saturated carbocycles. The molecule has 0 fully saturated rings. The summed E-state index contributed by atoms with van der Waals surface area (Å²) in [5.74, 6) is 1.15. The first-order valence-electron chi connectivity index (χ1n) is 6.82. The van der Waals surface area contributed by atoms with Crippen molar-refractivity contribution in [1.82, 2.24) is 0 Å². The summed E-state index contributed by atoms with van der Waals surface area (Å²) < 4.78 is 0. The number of hydrogen-bond donors (Lipinski definition) is 1. The minimum atomic E-state index is -0.308. The molecule has 0 saturated heterocycles. The molecule has 1 N–H and O–H groups in total. The first-order valence-corrected chi connectivity index (χ1v) is 6.82. The van der Waals surface area contributed by atoms with Crippen LogP contribution in [0.4, 0.5) is 0 Å². The van der Waals surface area contributed by atoms with E-state index >= 15 is 0 Å². The zero-order valence-corrected chi connectivity index (χ0v) is 11.6.